The average molecular weight is 250 g/mol. The molecule has 0 bridgehead atoms. The van der Waals surface area contributed by atoms with Gasteiger partial charge in [0, 0.05) is 25.7 Å². The van der Waals surface area contributed by atoms with E-state index in [0.717, 1.165) is 25.3 Å². The van der Waals surface area contributed by atoms with Crippen molar-refractivity contribution in [2.24, 2.45) is 0 Å². The molecule has 1 heterocycles. The Kier molecular flexibility index (Phi) is 3.56. The zero-order chi connectivity index (χ0) is 12.4. The Morgan fingerprint density at radius 3 is 2.76 bits per heavy atom. The lowest BCUT2D eigenvalue weighted by atomic mass is 10.1. The van der Waals surface area contributed by atoms with E-state index in [0.29, 0.717) is 16.6 Å². The minimum absolute atomic E-state index is 0.524. The van der Waals surface area contributed by atoms with E-state index in [1.54, 1.807) is 6.07 Å². The minimum Gasteiger partial charge on any atom is -0.367 e. The summed E-state index contributed by atoms with van der Waals surface area (Å²) in [6.07, 6.45) is 0. The fraction of sp³-hybridized carbons (Fsp3) is 0.462. The SMILES string of the molecule is CC1CN(c2ccc(C#N)cc2Cl)CCN1C. The van der Waals surface area contributed by atoms with E-state index in [1.165, 1.54) is 0 Å². The van der Waals surface area contributed by atoms with Gasteiger partial charge in [0.2, 0.25) is 0 Å². The first-order chi connectivity index (χ1) is 8.11. The Morgan fingerprint density at radius 1 is 1.41 bits per heavy atom. The van der Waals surface area contributed by atoms with Crippen molar-refractivity contribution in [1.29, 1.82) is 5.26 Å². The number of anilines is 1. The monoisotopic (exact) mass is 249 g/mol. The highest BCUT2D eigenvalue weighted by atomic mass is 35.5. The molecule has 1 unspecified atom stereocenters. The predicted octanol–water partition coefficient (Wildman–Crippen LogP) is 2.35. The predicted molar refractivity (Wildman–Crippen MR) is 70.5 cm³/mol. The van der Waals surface area contributed by atoms with Crippen molar-refractivity contribution >= 4 is 17.3 Å². The van der Waals surface area contributed by atoms with Gasteiger partial charge < -0.3 is 9.80 Å². The molecular weight excluding hydrogens is 234 g/mol. The third-order valence-corrected chi connectivity index (χ3v) is 3.68. The maximum atomic E-state index is 8.81. The van der Waals surface area contributed by atoms with Crippen LogP contribution in [0.25, 0.3) is 0 Å². The van der Waals surface area contributed by atoms with Crippen molar-refractivity contribution < 1.29 is 0 Å². The molecule has 1 saturated heterocycles. The van der Waals surface area contributed by atoms with Gasteiger partial charge in [-0.05, 0) is 32.2 Å². The van der Waals surface area contributed by atoms with Crippen LogP contribution in [0.3, 0.4) is 0 Å². The van der Waals surface area contributed by atoms with Gasteiger partial charge in [-0.3, -0.25) is 0 Å². The standard InChI is InChI=1S/C13H16ClN3/c1-10-9-17(6-5-16(10)2)13-4-3-11(8-15)7-12(13)14/h3-4,7,10H,5-6,9H2,1-2H3. The topological polar surface area (TPSA) is 30.3 Å². The van der Waals surface area contributed by atoms with Crippen molar-refractivity contribution in [2.75, 3.05) is 31.6 Å². The lowest BCUT2D eigenvalue weighted by molar-refractivity contribution is 0.234. The summed E-state index contributed by atoms with van der Waals surface area (Å²) in [5.74, 6) is 0. The van der Waals surface area contributed by atoms with Crippen LogP contribution in [0.15, 0.2) is 18.2 Å². The molecule has 2 rings (SSSR count). The number of likely N-dealkylation sites (N-methyl/N-ethyl adjacent to an activating group) is 1. The number of rotatable bonds is 1. The molecule has 3 nitrogen and oxygen atoms in total. The highest BCUT2D eigenvalue weighted by molar-refractivity contribution is 6.33. The van der Waals surface area contributed by atoms with Crippen LogP contribution in [0.1, 0.15) is 12.5 Å². The first kappa shape index (κ1) is 12.2. The van der Waals surface area contributed by atoms with E-state index in [-0.39, 0.29) is 0 Å². The van der Waals surface area contributed by atoms with E-state index in [1.807, 2.05) is 12.1 Å². The van der Waals surface area contributed by atoms with Crippen molar-refractivity contribution in [3.05, 3.63) is 28.8 Å². The van der Waals surface area contributed by atoms with Crippen LogP contribution in [0.2, 0.25) is 5.02 Å². The molecule has 1 aromatic carbocycles. The van der Waals surface area contributed by atoms with E-state index < -0.39 is 0 Å². The lowest BCUT2D eigenvalue weighted by Crippen LogP contribution is -2.50. The maximum absolute atomic E-state index is 8.81. The fourth-order valence-corrected chi connectivity index (χ4v) is 2.40. The van der Waals surface area contributed by atoms with Crippen LogP contribution in [0.5, 0.6) is 0 Å². The summed E-state index contributed by atoms with van der Waals surface area (Å²) in [7, 11) is 2.14. The lowest BCUT2D eigenvalue weighted by Gasteiger charge is -2.39. The zero-order valence-corrected chi connectivity index (χ0v) is 10.9. The molecule has 17 heavy (non-hydrogen) atoms. The molecule has 90 valence electrons. The second-order valence-corrected chi connectivity index (χ2v) is 4.96. The highest BCUT2D eigenvalue weighted by Crippen LogP contribution is 2.28. The summed E-state index contributed by atoms with van der Waals surface area (Å²) in [6, 6.07) is 8.13. The molecule has 1 aromatic rings. The van der Waals surface area contributed by atoms with E-state index >= 15 is 0 Å². The van der Waals surface area contributed by atoms with Gasteiger partial charge in [0.1, 0.15) is 0 Å². The summed E-state index contributed by atoms with van der Waals surface area (Å²) in [6.45, 7) is 5.20. The van der Waals surface area contributed by atoms with Crippen LogP contribution < -0.4 is 4.90 Å². The average Bonchev–Trinajstić information content (AvgIpc) is 2.32. The first-order valence-corrected chi connectivity index (χ1v) is 6.14. The largest absolute Gasteiger partial charge is 0.367 e. The summed E-state index contributed by atoms with van der Waals surface area (Å²) in [4.78, 5) is 4.63. The summed E-state index contributed by atoms with van der Waals surface area (Å²) < 4.78 is 0. The Bertz CT molecular complexity index is 452. The van der Waals surface area contributed by atoms with E-state index in [4.69, 9.17) is 16.9 Å². The molecule has 1 fully saturated rings. The number of benzene rings is 1. The van der Waals surface area contributed by atoms with E-state index in [2.05, 4.69) is 29.8 Å². The molecule has 0 spiro atoms. The zero-order valence-electron chi connectivity index (χ0n) is 10.2. The molecule has 4 heteroatoms. The van der Waals surface area contributed by atoms with Crippen LogP contribution in [0.4, 0.5) is 5.69 Å². The Morgan fingerprint density at radius 2 is 2.18 bits per heavy atom. The molecule has 0 amide bonds. The van der Waals surface area contributed by atoms with Crippen molar-refractivity contribution in [3.8, 4) is 6.07 Å². The second-order valence-electron chi connectivity index (χ2n) is 4.55. The van der Waals surface area contributed by atoms with Crippen LogP contribution >= 0.6 is 11.6 Å². The van der Waals surface area contributed by atoms with Crippen LogP contribution in [0, 0.1) is 11.3 Å². The van der Waals surface area contributed by atoms with E-state index in [9.17, 15) is 0 Å². The summed E-state index contributed by atoms with van der Waals surface area (Å²) in [5, 5.41) is 9.48. The molecule has 0 aromatic heterocycles. The maximum Gasteiger partial charge on any atom is 0.0992 e. The van der Waals surface area contributed by atoms with Gasteiger partial charge in [0.25, 0.3) is 0 Å². The van der Waals surface area contributed by atoms with Gasteiger partial charge in [-0.25, -0.2) is 0 Å². The number of hydrogen-bond acceptors (Lipinski definition) is 3. The third kappa shape index (κ3) is 2.54. The normalized spacial score (nSPS) is 21.3. The second kappa shape index (κ2) is 4.95. The minimum atomic E-state index is 0.524. The first-order valence-electron chi connectivity index (χ1n) is 5.76. The Balaban J connectivity index is 2.21. The van der Waals surface area contributed by atoms with Crippen molar-refractivity contribution in [1.82, 2.24) is 4.90 Å². The Hall–Kier alpha value is -1.24. The summed E-state index contributed by atoms with van der Waals surface area (Å²) in [5.41, 5.74) is 1.64. The third-order valence-electron chi connectivity index (χ3n) is 3.38. The molecular formula is C13H16ClN3. The molecule has 0 saturated carbocycles. The molecule has 1 aliphatic heterocycles. The molecule has 1 atom stereocenters. The molecule has 0 aliphatic carbocycles. The van der Waals surface area contributed by atoms with Crippen LogP contribution in [-0.2, 0) is 0 Å². The molecule has 0 N–H and O–H groups in total. The smallest absolute Gasteiger partial charge is 0.0992 e. The number of hydrogen-bond donors (Lipinski definition) is 0. The van der Waals surface area contributed by atoms with Crippen molar-refractivity contribution in [3.63, 3.8) is 0 Å². The quantitative estimate of drug-likeness (QED) is 0.766. The van der Waals surface area contributed by atoms with Gasteiger partial charge in [-0.1, -0.05) is 11.6 Å². The number of piperazine rings is 1. The number of nitriles is 1. The molecule has 0 radical (unpaired) electrons. The molecule has 1 aliphatic rings. The van der Waals surface area contributed by atoms with Gasteiger partial charge in [-0.2, -0.15) is 5.26 Å². The van der Waals surface area contributed by atoms with Gasteiger partial charge in [0.15, 0.2) is 0 Å². The van der Waals surface area contributed by atoms with Crippen LogP contribution in [-0.4, -0.2) is 37.6 Å². The summed E-state index contributed by atoms with van der Waals surface area (Å²) >= 11 is 6.22. The Labute approximate surface area is 107 Å². The van der Waals surface area contributed by atoms with Gasteiger partial charge >= 0.3 is 0 Å². The number of halogens is 1. The van der Waals surface area contributed by atoms with Crippen molar-refractivity contribution in [2.45, 2.75) is 13.0 Å². The fourth-order valence-electron chi connectivity index (χ4n) is 2.10. The van der Waals surface area contributed by atoms with Gasteiger partial charge in [-0.15, -0.1) is 0 Å². The highest BCUT2D eigenvalue weighted by Gasteiger charge is 2.22. The number of nitrogens with zero attached hydrogens (tertiary/aromatic N) is 3. The van der Waals surface area contributed by atoms with Gasteiger partial charge in [0.05, 0.1) is 22.3 Å².